The van der Waals surface area contributed by atoms with Crippen LogP contribution in [0.5, 0.6) is 0 Å². The van der Waals surface area contributed by atoms with E-state index in [0.29, 0.717) is 6.04 Å². The van der Waals surface area contributed by atoms with Crippen molar-refractivity contribution in [3.05, 3.63) is 0 Å². The minimum Gasteiger partial charge on any atom is -0.317 e. The van der Waals surface area contributed by atoms with Crippen LogP contribution in [0.3, 0.4) is 0 Å². The zero-order valence-corrected chi connectivity index (χ0v) is 8.31. The fourth-order valence-electron chi connectivity index (χ4n) is 1.20. The van der Waals surface area contributed by atoms with Crippen molar-refractivity contribution in [3.63, 3.8) is 0 Å². The molecule has 0 aromatic rings. The van der Waals surface area contributed by atoms with Crippen LogP contribution in [0.4, 0.5) is 0 Å². The SMILES string of the molecule is CC(C)(C)ONC1CCNCC1. The molecule has 0 saturated carbocycles. The van der Waals surface area contributed by atoms with Crippen molar-refractivity contribution in [1.29, 1.82) is 0 Å². The normalized spacial score (nSPS) is 21.2. The summed E-state index contributed by atoms with van der Waals surface area (Å²) in [4.78, 5) is 5.49. The summed E-state index contributed by atoms with van der Waals surface area (Å²) in [7, 11) is 0. The Bertz CT molecular complexity index is 125. The van der Waals surface area contributed by atoms with E-state index in [1.54, 1.807) is 0 Å². The molecular weight excluding hydrogens is 152 g/mol. The Morgan fingerprint density at radius 1 is 1.25 bits per heavy atom. The molecular formula is C9H20N2O. The lowest BCUT2D eigenvalue weighted by Crippen LogP contribution is -2.43. The fraction of sp³-hybridized carbons (Fsp3) is 1.00. The van der Waals surface area contributed by atoms with Gasteiger partial charge in [-0.3, -0.25) is 4.84 Å². The van der Waals surface area contributed by atoms with Gasteiger partial charge in [0.1, 0.15) is 0 Å². The van der Waals surface area contributed by atoms with Gasteiger partial charge in [0.05, 0.1) is 5.60 Å². The van der Waals surface area contributed by atoms with Gasteiger partial charge in [0.2, 0.25) is 0 Å². The smallest absolute Gasteiger partial charge is 0.0813 e. The molecule has 0 amide bonds. The van der Waals surface area contributed by atoms with Crippen molar-refractivity contribution in [2.45, 2.75) is 45.3 Å². The Balaban J connectivity index is 2.13. The summed E-state index contributed by atoms with van der Waals surface area (Å²) in [6.45, 7) is 8.37. The van der Waals surface area contributed by atoms with E-state index in [4.69, 9.17) is 4.84 Å². The number of piperidine rings is 1. The Hall–Kier alpha value is -0.120. The molecule has 2 N–H and O–H groups in total. The predicted molar refractivity (Wildman–Crippen MR) is 49.9 cm³/mol. The number of hydroxylamine groups is 1. The monoisotopic (exact) mass is 172 g/mol. The molecule has 0 spiro atoms. The second-order valence-corrected chi connectivity index (χ2v) is 4.36. The third-order valence-electron chi connectivity index (χ3n) is 1.87. The zero-order valence-electron chi connectivity index (χ0n) is 8.31. The topological polar surface area (TPSA) is 33.3 Å². The van der Waals surface area contributed by atoms with Crippen LogP contribution in [0.15, 0.2) is 0 Å². The highest BCUT2D eigenvalue weighted by Gasteiger charge is 2.16. The number of hydrogen-bond donors (Lipinski definition) is 2. The summed E-state index contributed by atoms with van der Waals surface area (Å²) in [6, 6.07) is 0.533. The molecule has 0 aliphatic carbocycles. The van der Waals surface area contributed by atoms with Crippen molar-refractivity contribution < 1.29 is 4.84 Å². The summed E-state index contributed by atoms with van der Waals surface area (Å²) in [5, 5.41) is 3.32. The third kappa shape index (κ3) is 4.04. The van der Waals surface area contributed by atoms with E-state index in [-0.39, 0.29) is 5.60 Å². The minimum atomic E-state index is -0.0785. The summed E-state index contributed by atoms with van der Waals surface area (Å²) >= 11 is 0. The van der Waals surface area contributed by atoms with Gasteiger partial charge in [0.25, 0.3) is 0 Å². The first kappa shape index (κ1) is 9.96. The minimum absolute atomic E-state index is 0.0785. The standard InChI is InChI=1S/C9H20N2O/c1-9(2,3)12-11-8-4-6-10-7-5-8/h8,10-11H,4-7H2,1-3H3. The van der Waals surface area contributed by atoms with Gasteiger partial charge in [-0.25, -0.2) is 0 Å². The number of nitrogens with one attached hydrogen (secondary N) is 2. The Kier molecular flexibility index (Phi) is 3.50. The summed E-state index contributed by atoms with van der Waals surface area (Å²) in [6.07, 6.45) is 2.33. The molecule has 0 unspecified atom stereocenters. The van der Waals surface area contributed by atoms with E-state index in [1.807, 2.05) is 0 Å². The lowest BCUT2D eigenvalue weighted by molar-refractivity contribution is -0.0916. The molecule has 72 valence electrons. The maximum atomic E-state index is 5.49. The Morgan fingerprint density at radius 2 is 1.83 bits per heavy atom. The molecule has 12 heavy (non-hydrogen) atoms. The second kappa shape index (κ2) is 4.21. The lowest BCUT2D eigenvalue weighted by Gasteiger charge is -2.27. The second-order valence-electron chi connectivity index (χ2n) is 4.36. The van der Waals surface area contributed by atoms with Crippen molar-refractivity contribution >= 4 is 0 Å². The molecule has 3 heteroatoms. The molecule has 1 heterocycles. The van der Waals surface area contributed by atoms with Gasteiger partial charge in [-0.1, -0.05) is 0 Å². The molecule has 1 aliphatic heterocycles. The largest absolute Gasteiger partial charge is 0.317 e. The van der Waals surface area contributed by atoms with Crippen molar-refractivity contribution in [2.24, 2.45) is 0 Å². The Labute approximate surface area is 74.8 Å². The number of hydrogen-bond acceptors (Lipinski definition) is 3. The maximum Gasteiger partial charge on any atom is 0.0813 e. The first-order valence-electron chi connectivity index (χ1n) is 4.72. The number of rotatable bonds is 2. The van der Waals surface area contributed by atoms with Gasteiger partial charge in [-0.05, 0) is 46.7 Å². The van der Waals surface area contributed by atoms with Crippen LogP contribution in [0, 0.1) is 0 Å². The van der Waals surface area contributed by atoms with Crippen LogP contribution in [0.2, 0.25) is 0 Å². The van der Waals surface area contributed by atoms with Gasteiger partial charge in [0.15, 0.2) is 0 Å². The highest BCUT2D eigenvalue weighted by atomic mass is 16.7. The molecule has 1 fully saturated rings. The summed E-state index contributed by atoms with van der Waals surface area (Å²) < 4.78 is 0. The van der Waals surface area contributed by atoms with Gasteiger partial charge >= 0.3 is 0 Å². The summed E-state index contributed by atoms with van der Waals surface area (Å²) in [5.41, 5.74) is 3.04. The van der Waals surface area contributed by atoms with Crippen LogP contribution >= 0.6 is 0 Å². The van der Waals surface area contributed by atoms with Gasteiger partial charge < -0.3 is 5.32 Å². The van der Waals surface area contributed by atoms with E-state index in [2.05, 4.69) is 31.6 Å². The van der Waals surface area contributed by atoms with Crippen molar-refractivity contribution in [1.82, 2.24) is 10.8 Å². The molecule has 1 aliphatic rings. The highest BCUT2D eigenvalue weighted by molar-refractivity contribution is 4.71. The first-order valence-corrected chi connectivity index (χ1v) is 4.72. The van der Waals surface area contributed by atoms with Gasteiger partial charge in [-0.15, -0.1) is 0 Å². The average molecular weight is 172 g/mol. The zero-order chi connectivity index (χ0) is 9.03. The molecule has 1 rings (SSSR count). The van der Waals surface area contributed by atoms with E-state index in [0.717, 1.165) is 25.9 Å². The van der Waals surface area contributed by atoms with Gasteiger partial charge in [0, 0.05) is 6.04 Å². The van der Waals surface area contributed by atoms with Crippen LogP contribution in [0.25, 0.3) is 0 Å². The van der Waals surface area contributed by atoms with E-state index in [9.17, 15) is 0 Å². The van der Waals surface area contributed by atoms with E-state index >= 15 is 0 Å². The predicted octanol–water partition coefficient (Wildman–Crippen LogP) is 1.06. The van der Waals surface area contributed by atoms with Crippen LogP contribution < -0.4 is 10.8 Å². The molecule has 0 aromatic heterocycles. The first-order chi connectivity index (χ1) is 5.58. The highest BCUT2D eigenvalue weighted by Crippen LogP contribution is 2.08. The fourth-order valence-corrected chi connectivity index (χ4v) is 1.20. The quantitative estimate of drug-likeness (QED) is 0.611. The molecule has 0 bridgehead atoms. The van der Waals surface area contributed by atoms with Gasteiger partial charge in [-0.2, -0.15) is 5.48 Å². The van der Waals surface area contributed by atoms with Crippen LogP contribution in [-0.4, -0.2) is 24.7 Å². The average Bonchev–Trinajstić information content (AvgIpc) is 2.02. The third-order valence-corrected chi connectivity index (χ3v) is 1.87. The summed E-state index contributed by atoms with van der Waals surface area (Å²) in [5.74, 6) is 0. The maximum absolute atomic E-state index is 5.49. The lowest BCUT2D eigenvalue weighted by atomic mass is 10.1. The van der Waals surface area contributed by atoms with E-state index in [1.165, 1.54) is 0 Å². The van der Waals surface area contributed by atoms with Crippen LogP contribution in [0.1, 0.15) is 33.6 Å². The Morgan fingerprint density at radius 3 is 2.33 bits per heavy atom. The molecule has 3 nitrogen and oxygen atoms in total. The molecule has 0 atom stereocenters. The van der Waals surface area contributed by atoms with Crippen molar-refractivity contribution in [3.8, 4) is 0 Å². The molecule has 1 saturated heterocycles. The molecule has 0 radical (unpaired) electrons. The van der Waals surface area contributed by atoms with Crippen LogP contribution in [-0.2, 0) is 4.84 Å². The van der Waals surface area contributed by atoms with Crippen molar-refractivity contribution in [2.75, 3.05) is 13.1 Å². The van der Waals surface area contributed by atoms with E-state index < -0.39 is 0 Å². The molecule has 0 aromatic carbocycles.